The van der Waals surface area contributed by atoms with Gasteiger partial charge >= 0.3 is 0 Å². The zero-order valence-corrected chi connectivity index (χ0v) is 10.6. The molecule has 0 aliphatic heterocycles. The lowest BCUT2D eigenvalue weighted by Gasteiger charge is -2.02. The Morgan fingerprint density at radius 1 is 1.35 bits per heavy atom. The van der Waals surface area contributed by atoms with Crippen LogP contribution in [-0.4, -0.2) is 9.78 Å². The summed E-state index contributed by atoms with van der Waals surface area (Å²) >= 11 is 0. The molecule has 17 heavy (non-hydrogen) atoms. The van der Waals surface area contributed by atoms with Crippen molar-refractivity contribution in [2.75, 3.05) is 5.32 Å². The molecule has 0 bridgehead atoms. The summed E-state index contributed by atoms with van der Waals surface area (Å²) in [6.07, 6.45) is 0. The molecule has 0 saturated heterocycles. The van der Waals surface area contributed by atoms with Crippen LogP contribution in [-0.2, 0) is 13.6 Å². The molecule has 5 heteroatoms. The number of hydrogen-bond donors (Lipinski definition) is 1. The highest BCUT2D eigenvalue weighted by molar-refractivity contribution is 5.85. The number of hydrogen-bond acceptors (Lipinski definition) is 2. The summed E-state index contributed by atoms with van der Waals surface area (Å²) in [7, 11) is 1.89. The first-order chi connectivity index (χ1) is 7.65. The molecular formula is C12H15ClFN3. The summed E-state index contributed by atoms with van der Waals surface area (Å²) in [6, 6.07) is 8.50. The highest BCUT2D eigenvalue weighted by Gasteiger charge is 2.00. The lowest BCUT2D eigenvalue weighted by Crippen LogP contribution is -2.01. The number of nitrogens with zero attached hydrogens (tertiary/aromatic N) is 2. The Morgan fingerprint density at radius 3 is 2.71 bits per heavy atom. The lowest BCUT2D eigenvalue weighted by atomic mass is 10.2. The summed E-state index contributed by atoms with van der Waals surface area (Å²) in [5.41, 5.74) is 1.99. The van der Waals surface area contributed by atoms with Gasteiger partial charge in [-0.3, -0.25) is 4.68 Å². The number of benzene rings is 1. The molecule has 0 amide bonds. The van der Waals surface area contributed by atoms with Gasteiger partial charge in [0.25, 0.3) is 0 Å². The molecule has 0 aliphatic rings. The van der Waals surface area contributed by atoms with E-state index in [9.17, 15) is 4.39 Å². The fourth-order valence-corrected chi connectivity index (χ4v) is 1.49. The van der Waals surface area contributed by atoms with E-state index >= 15 is 0 Å². The van der Waals surface area contributed by atoms with E-state index in [4.69, 9.17) is 0 Å². The van der Waals surface area contributed by atoms with E-state index < -0.39 is 0 Å². The van der Waals surface area contributed by atoms with Crippen LogP contribution in [0.25, 0.3) is 0 Å². The van der Waals surface area contributed by atoms with Gasteiger partial charge in [0.2, 0.25) is 0 Å². The first-order valence-electron chi connectivity index (χ1n) is 5.14. The number of anilines is 1. The second-order valence-electron chi connectivity index (χ2n) is 3.78. The molecule has 0 atom stereocenters. The molecule has 1 aromatic carbocycles. The SMILES string of the molecule is Cc1cc(NCc2cccc(F)c2)nn1C.Cl. The van der Waals surface area contributed by atoms with Crippen molar-refractivity contribution in [1.29, 1.82) is 0 Å². The minimum Gasteiger partial charge on any atom is -0.365 e. The predicted octanol–water partition coefficient (Wildman–Crippen LogP) is 2.90. The molecule has 92 valence electrons. The van der Waals surface area contributed by atoms with Gasteiger partial charge in [-0.2, -0.15) is 5.10 Å². The largest absolute Gasteiger partial charge is 0.365 e. The summed E-state index contributed by atoms with van der Waals surface area (Å²) in [5.74, 6) is 0.598. The van der Waals surface area contributed by atoms with Gasteiger partial charge in [-0.05, 0) is 24.6 Å². The van der Waals surface area contributed by atoms with Crippen molar-refractivity contribution in [2.24, 2.45) is 7.05 Å². The number of nitrogens with one attached hydrogen (secondary N) is 1. The van der Waals surface area contributed by atoms with Crippen molar-refractivity contribution in [1.82, 2.24) is 9.78 Å². The molecular weight excluding hydrogens is 241 g/mol. The van der Waals surface area contributed by atoms with Crippen molar-refractivity contribution >= 4 is 18.2 Å². The third-order valence-electron chi connectivity index (χ3n) is 2.48. The van der Waals surface area contributed by atoms with Crippen LogP contribution in [0, 0.1) is 12.7 Å². The molecule has 1 aromatic heterocycles. The zero-order valence-electron chi connectivity index (χ0n) is 9.77. The van der Waals surface area contributed by atoms with E-state index in [1.807, 2.05) is 26.1 Å². The number of aromatic nitrogens is 2. The van der Waals surface area contributed by atoms with E-state index in [0.717, 1.165) is 17.1 Å². The van der Waals surface area contributed by atoms with Crippen molar-refractivity contribution in [2.45, 2.75) is 13.5 Å². The third kappa shape index (κ3) is 3.46. The highest BCUT2D eigenvalue weighted by Crippen LogP contribution is 2.09. The Labute approximate surface area is 106 Å². The quantitative estimate of drug-likeness (QED) is 0.914. The highest BCUT2D eigenvalue weighted by atomic mass is 35.5. The van der Waals surface area contributed by atoms with Gasteiger partial charge in [0, 0.05) is 25.4 Å². The molecule has 2 rings (SSSR count). The Kier molecular flexibility index (Phi) is 4.52. The lowest BCUT2D eigenvalue weighted by molar-refractivity contribution is 0.626. The zero-order chi connectivity index (χ0) is 11.5. The molecule has 0 spiro atoms. The van der Waals surface area contributed by atoms with E-state index in [-0.39, 0.29) is 18.2 Å². The fraction of sp³-hybridized carbons (Fsp3) is 0.250. The van der Waals surface area contributed by atoms with Gasteiger partial charge < -0.3 is 5.32 Å². The molecule has 0 radical (unpaired) electrons. The molecule has 0 fully saturated rings. The predicted molar refractivity (Wildman–Crippen MR) is 68.9 cm³/mol. The van der Waals surface area contributed by atoms with Crippen molar-refractivity contribution in [3.63, 3.8) is 0 Å². The Morgan fingerprint density at radius 2 is 2.12 bits per heavy atom. The molecule has 0 unspecified atom stereocenters. The average molecular weight is 256 g/mol. The maximum absolute atomic E-state index is 12.9. The van der Waals surface area contributed by atoms with E-state index in [1.165, 1.54) is 12.1 Å². The number of halogens is 2. The smallest absolute Gasteiger partial charge is 0.148 e. The van der Waals surface area contributed by atoms with Gasteiger partial charge in [0.05, 0.1) is 0 Å². The second kappa shape index (κ2) is 5.68. The normalized spacial score (nSPS) is 9.82. The molecule has 1 heterocycles. The standard InChI is InChI=1S/C12H14FN3.ClH/c1-9-6-12(15-16(9)2)14-8-10-4-3-5-11(13)7-10;/h3-7H,8H2,1-2H3,(H,14,15);1H. The van der Waals surface area contributed by atoms with E-state index in [2.05, 4.69) is 10.4 Å². The topological polar surface area (TPSA) is 29.9 Å². The Bertz CT molecular complexity index is 477. The van der Waals surface area contributed by atoms with Crippen molar-refractivity contribution in [3.8, 4) is 0 Å². The maximum Gasteiger partial charge on any atom is 0.148 e. The minimum atomic E-state index is -0.212. The maximum atomic E-state index is 12.9. The summed E-state index contributed by atoms with van der Waals surface area (Å²) in [5, 5.41) is 7.41. The Balaban J connectivity index is 0.00000144. The average Bonchev–Trinajstić information content (AvgIpc) is 2.56. The van der Waals surface area contributed by atoms with Gasteiger partial charge in [-0.1, -0.05) is 12.1 Å². The first kappa shape index (κ1) is 13.5. The van der Waals surface area contributed by atoms with Crippen LogP contribution in [0.5, 0.6) is 0 Å². The molecule has 0 saturated carbocycles. The Hall–Kier alpha value is -1.55. The summed E-state index contributed by atoms with van der Waals surface area (Å²) < 4.78 is 14.7. The monoisotopic (exact) mass is 255 g/mol. The van der Waals surface area contributed by atoms with Crippen LogP contribution >= 0.6 is 12.4 Å². The van der Waals surface area contributed by atoms with Crippen LogP contribution in [0.3, 0.4) is 0 Å². The van der Waals surface area contributed by atoms with Crippen LogP contribution in [0.15, 0.2) is 30.3 Å². The van der Waals surface area contributed by atoms with Crippen LogP contribution in [0.2, 0.25) is 0 Å². The second-order valence-corrected chi connectivity index (χ2v) is 3.78. The van der Waals surface area contributed by atoms with Gasteiger partial charge in [0.15, 0.2) is 0 Å². The van der Waals surface area contributed by atoms with Gasteiger partial charge in [-0.25, -0.2) is 4.39 Å². The van der Waals surface area contributed by atoms with Gasteiger partial charge in [-0.15, -0.1) is 12.4 Å². The van der Waals surface area contributed by atoms with Crippen LogP contribution in [0.1, 0.15) is 11.3 Å². The number of aryl methyl sites for hydroxylation is 2. The first-order valence-corrected chi connectivity index (χ1v) is 5.14. The van der Waals surface area contributed by atoms with Crippen molar-refractivity contribution < 1.29 is 4.39 Å². The third-order valence-corrected chi connectivity index (χ3v) is 2.48. The molecule has 1 N–H and O–H groups in total. The van der Waals surface area contributed by atoms with Crippen LogP contribution in [0.4, 0.5) is 10.2 Å². The van der Waals surface area contributed by atoms with E-state index in [1.54, 1.807) is 10.7 Å². The number of rotatable bonds is 3. The van der Waals surface area contributed by atoms with E-state index in [0.29, 0.717) is 6.54 Å². The molecule has 2 aromatic rings. The van der Waals surface area contributed by atoms with Crippen LogP contribution < -0.4 is 5.32 Å². The van der Waals surface area contributed by atoms with Crippen molar-refractivity contribution in [3.05, 3.63) is 47.4 Å². The minimum absolute atomic E-state index is 0. The fourth-order valence-electron chi connectivity index (χ4n) is 1.49. The summed E-state index contributed by atoms with van der Waals surface area (Å²) in [4.78, 5) is 0. The molecule has 3 nitrogen and oxygen atoms in total. The van der Waals surface area contributed by atoms with Gasteiger partial charge in [0.1, 0.15) is 11.6 Å². The molecule has 0 aliphatic carbocycles. The summed E-state index contributed by atoms with van der Waals surface area (Å²) in [6.45, 7) is 2.56.